The second kappa shape index (κ2) is 6.75. The number of aromatic carboxylic acids is 1. The van der Waals surface area contributed by atoms with Gasteiger partial charge in [0.1, 0.15) is 6.10 Å². The van der Waals surface area contributed by atoms with Crippen molar-refractivity contribution in [2.75, 3.05) is 6.54 Å². The summed E-state index contributed by atoms with van der Waals surface area (Å²) < 4.78 is 0. The molecule has 0 spiro atoms. The molecule has 0 bridgehead atoms. The number of aliphatic hydroxyl groups is 2. The normalized spacial score (nSPS) is 13.4. The minimum atomic E-state index is -1.33. The molecule has 1 aromatic carbocycles. The van der Waals surface area contributed by atoms with Crippen LogP contribution in [0, 0.1) is 6.92 Å². The Bertz CT molecular complexity index is 512. The third-order valence-corrected chi connectivity index (χ3v) is 2.71. The number of carboxylic acids is 1. The fourth-order valence-corrected chi connectivity index (χ4v) is 1.71. The molecule has 0 aliphatic heterocycles. The summed E-state index contributed by atoms with van der Waals surface area (Å²) >= 11 is 0. The number of benzene rings is 1. The average Bonchev–Trinajstić information content (AvgIpc) is 2.38. The highest BCUT2D eigenvalue weighted by molar-refractivity contribution is 5.89. The smallest absolute Gasteiger partial charge is 0.336 e. The van der Waals surface area contributed by atoms with Gasteiger partial charge in [0.25, 0.3) is 0 Å². The van der Waals surface area contributed by atoms with E-state index in [-0.39, 0.29) is 24.1 Å². The lowest BCUT2D eigenvalue weighted by atomic mass is 9.95. The monoisotopic (exact) mass is 265 g/mol. The van der Waals surface area contributed by atoms with Gasteiger partial charge in [-0.25, -0.2) is 4.79 Å². The first kappa shape index (κ1) is 15.0. The molecule has 1 aromatic rings. The molecule has 7 heteroatoms. The zero-order valence-corrected chi connectivity index (χ0v) is 10.4. The Morgan fingerprint density at radius 2 is 2.16 bits per heavy atom. The molecular formula is C12H15N3O4. The molecule has 0 aliphatic rings. The first-order valence-electron chi connectivity index (χ1n) is 5.68. The summed E-state index contributed by atoms with van der Waals surface area (Å²) in [6, 6.07) is 4.56. The highest BCUT2D eigenvalue weighted by atomic mass is 16.4. The number of aliphatic hydroxyl groups excluding tert-OH is 2. The minimum Gasteiger partial charge on any atom is -0.478 e. The molecule has 0 aliphatic carbocycles. The zero-order chi connectivity index (χ0) is 14.4. The van der Waals surface area contributed by atoms with Gasteiger partial charge in [-0.3, -0.25) is 0 Å². The zero-order valence-electron chi connectivity index (χ0n) is 10.4. The van der Waals surface area contributed by atoms with Crippen LogP contribution in [-0.4, -0.2) is 33.9 Å². The van der Waals surface area contributed by atoms with E-state index in [0.717, 1.165) is 5.56 Å². The van der Waals surface area contributed by atoms with Gasteiger partial charge in [-0.1, -0.05) is 22.8 Å². The summed E-state index contributed by atoms with van der Waals surface area (Å²) in [5, 5.41) is 32.0. The summed E-state index contributed by atoms with van der Waals surface area (Å²) in [5.41, 5.74) is 8.96. The van der Waals surface area contributed by atoms with Crippen molar-refractivity contribution in [2.24, 2.45) is 5.11 Å². The molecule has 7 nitrogen and oxygen atoms in total. The van der Waals surface area contributed by atoms with Gasteiger partial charge < -0.3 is 15.3 Å². The predicted molar refractivity (Wildman–Crippen MR) is 67.7 cm³/mol. The highest BCUT2D eigenvalue weighted by Gasteiger charge is 2.23. The maximum Gasteiger partial charge on any atom is 0.336 e. The van der Waals surface area contributed by atoms with Gasteiger partial charge >= 0.3 is 5.97 Å². The summed E-state index contributed by atoms with van der Waals surface area (Å²) in [6.07, 6.45) is -2.47. The third-order valence-electron chi connectivity index (χ3n) is 2.71. The van der Waals surface area contributed by atoms with Crippen molar-refractivity contribution < 1.29 is 20.1 Å². The fraction of sp³-hybridized carbons (Fsp3) is 0.417. The van der Waals surface area contributed by atoms with Crippen molar-refractivity contribution >= 4 is 5.97 Å². The van der Waals surface area contributed by atoms with Gasteiger partial charge in [0.15, 0.2) is 0 Å². The molecule has 0 radical (unpaired) electrons. The molecule has 0 amide bonds. The number of carbonyl (C=O) groups is 1. The van der Waals surface area contributed by atoms with E-state index in [0.29, 0.717) is 0 Å². The van der Waals surface area contributed by atoms with Crippen LogP contribution in [0.5, 0.6) is 0 Å². The summed E-state index contributed by atoms with van der Waals surface area (Å²) in [4.78, 5) is 13.6. The van der Waals surface area contributed by atoms with Gasteiger partial charge in [0.05, 0.1) is 11.7 Å². The van der Waals surface area contributed by atoms with Crippen LogP contribution in [0.2, 0.25) is 0 Å². The molecule has 0 aromatic heterocycles. The van der Waals surface area contributed by atoms with E-state index < -0.39 is 18.2 Å². The fourth-order valence-electron chi connectivity index (χ4n) is 1.71. The molecule has 102 valence electrons. The molecule has 0 heterocycles. The first-order chi connectivity index (χ1) is 8.97. The van der Waals surface area contributed by atoms with Crippen molar-refractivity contribution in [2.45, 2.75) is 25.6 Å². The third kappa shape index (κ3) is 3.96. The summed E-state index contributed by atoms with van der Waals surface area (Å²) in [5.74, 6) is -1.17. The van der Waals surface area contributed by atoms with E-state index in [1.54, 1.807) is 13.0 Å². The topological polar surface area (TPSA) is 127 Å². The quantitative estimate of drug-likeness (QED) is 0.411. The Labute approximate surface area is 109 Å². The first-order valence-corrected chi connectivity index (χ1v) is 5.68. The number of aryl methyl sites for hydroxylation is 1. The Morgan fingerprint density at radius 3 is 2.74 bits per heavy atom. The van der Waals surface area contributed by atoms with E-state index in [1.807, 2.05) is 0 Å². The van der Waals surface area contributed by atoms with E-state index in [9.17, 15) is 15.0 Å². The summed E-state index contributed by atoms with van der Waals surface area (Å²) in [6.45, 7) is 1.77. The largest absolute Gasteiger partial charge is 0.478 e. The van der Waals surface area contributed by atoms with Crippen LogP contribution in [0.15, 0.2) is 23.3 Å². The Morgan fingerprint density at radius 1 is 1.47 bits per heavy atom. The lowest BCUT2D eigenvalue weighted by Crippen LogP contribution is -2.21. The predicted octanol–water partition coefficient (Wildman–Crippen LogP) is 1.79. The second-order valence-corrected chi connectivity index (χ2v) is 4.15. The van der Waals surface area contributed by atoms with Crippen LogP contribution < -0.4 is 0 Å². The number of hydrogen-bond acceptors (Lipinski definition) is 4. The SMILES string of the molecule is Cc1ccc(C(O)C(O)CCN=[N+]=[N-])c(C(=O)O)c1. The van der Waals surface area contributed by atoms with Gasteiger partial charge in [-0.15, -0.1) is 0 Å². The van der Waals surface area contributed by atoms with Crippen LogP contribution in [0.25, 0.3) is 10.4 Å². The maximum atomic E-state index is 11.1. The Balaban J connectivity index is 2.95. The minimum absolute atomic E-state index is 0.0307. The lowest BCUT2D eigenvalue weighted by molar-refractivity contribution is 0.0141. The lowest BCUT2D eigenvalue weighted by Gasteiger charge is -2.19. The van der Waals surface area contributed by atoms with Crippen LogP contribution in [0.4, 0.5) is 0 Å². The number of rotatable bonds is 6. The van der Waals surface area contributed by atoms with Crippen LogP contribution in [0.1, 0.15) is 34.0 Å². The van der Waals surface area contributed by atoms with E-state index >= 15 is 0 Å². The van der Waals surface area contributed by atoms with Crippen LogP contribution in [0.3, 0.4) is 0 Å². The molecule has 2 atom stereocenters. The molecule has 3 N–H and O–H groups in total. The number of nitrogens with zero attached hydrogens (tertiary/aromatic N) is 3. The van der Waals surface area contributed by atoms with Crippen molar-refractivity contribution in [3.8, 4) is 0 Å². The molecule has 2 unspecified atom stereocenters. The van der Waals surface area contributed by atoms with Crippen molar-refractivity contribution in [3.05, 3.63) is 45.3 Å². The molecular weight excluding hydrogens is 250 g/mol. The molecule has 0 saturated carbocycles. The second-order valence-electron chi connectivity index (χ2n) is 4.15. The summed E-state index contributed by atoms with van der Waals surface area (Å²) in [7, 11) is 0. The van der Waals surface area contributed by atoms with E-state index in [4.69, 9.17) is 10.6 Å². The van der Waals surface area contributed by atoms with Gasteiger partial charge in [-0.05, 0) is 30.5 Å². The highest BCUT2D eigenvalue weighted by Crippen LogP contribution is 2.24. The van der Waals surface area contributed by atoms with Crippen molar-refractivity contribution in [1.29, 1.82) is 0 Å². The molecule has 19 heavy (non-hydrogen) atoms. The Kier molecular flexibility index (Phi) is 5.32. The molecule has 0 saturated heterocycles. The average molecular weight is 265 g/mol. The molecule has 1 rings (SSSR count). The van der Waals surface area contributed by atoms with Crippen molar-refractivity contribution in [3.63, 3.8) is 0 Å². The van der Waals surface area contributed by atoms with Gasteiger partial charge in [0.2, 0.25) is 0 Å². The van der Waals surface area contributed by atoms with Gasteiger partial charge in [-0.2, -0.15) is 0 Å². The number of carboxylic acid groups (broad SMARTS) is 1. The van der Waals surface area contributed by atoms with E-state index in [1.165, 1.54) is 12.1 Å². The maximum absolute atomic E-state index is 11.1. The van der Waals surface area contributed by atoms with Crippen LogP contribution in [-0.2, 0) is 0 Å². The standard InChI is InChI=1S/C12H15N3O4/c1-7-2-3-8(9(6-7)12(18)19)11(17)10(16)4-5-14-15-13/h2-3,6,10-11,16-17H,4-5H2,1H3,(H,18,19). The molecule has 0 fully saturated rings. The van der Waals surface area contributed by atoms with Gasteiger partial charge in [0, 0.05) is 11.5 Å². The Hall–Kier alpha value is -2.08. The van der Waals surface area contributed by atoms with E-state index in [2.05, 4.69) is 10.0 Å². The number of azide groups is 1. The van der Waals surface area contributed by atoms with Crippen molar-refractivity contribution in [1.82, 2.24) is 0 Å². The van der Waals surface area contributed by atoms with Crippen LogP contribution >= 0.6 is 0 Å². The number of hydrogen-bond donors (Lipinski definition) is 3.